The van der Waals surface area contributed by atoms with Gasteiger partial charge in [0.25, 0.3) is 0 Å². The molecular formula is C21H26BrN3O3S. The summed E-state index contributed by atoms with van der Waals surface area (Å²) in [5.41, 5.74) is 2.44. The predicted molar refractivity (Wildman–Crippen MR) is 119 cm³/mol. The molecule has 2 aromatic rings. The van der Waals surface area contributed by atoms with Gasteiger partial charge in [-0.1, -0.05) is 40.2 Å². The van der Waals surface area contributed by atoms with Crippen molar-refractivity contribution >= 4 is 37.4 Å². The first-order chi connectivity index (χ1) is 13.8. The number of likely N-dealkylation sites (N-methyl/N-ethyl adjacent to an activating group) is 1. The molecule has 0 bridgehead atoms. The molecule has 6 nitrogen and oxygen atoms in total. The number of piperazine rings is 1. The molecule has 156 valence electrons. The minimum absolute atomic E-state index is 0.163. The topological polar surface area (TPSA) is 69.7 Å². The number of rotatable bonds is 7. The lowest BCUT2D eigenvalue weighted by Gasteiger charge is -2.32. The van der Waals surface area contributed by atoms with Gasteiger partial charge in [-0.15, -0.1) is 0 Å². The van der Waals surface area contributed by atoms with Crippen LogP contribution >= 0.6 is 15.9 Å². The zero-order chi connectivity index (χ0) is 20.9. The van der Waals surface area contributed by atoms with Crippen LogP contribution in [0.1, 0.15) is 11.1 Å². The second-order valence-corrected chi connectivity index (χ2v) is 10.5. The van der Waals surface area contributed by atoms with E-state index in [-0.39, 0.29) is 5.75 Å². The van der Waals surface area contributed by atoms with Crippen molar-refractivity contribution in [1.82, 2.24) is 9.80 Å². The van der Waals surface area contributed by atoms with Gasteiger partial charge in [0, 0.05) is 42.9 Å². The van der Waals surface area contributed by atoms with Crippen LogP contribution in [0.25, 0.3) is 0 Å². The summed E-state index contributed by atoms with van der Waals surface area (Å²) in [5.74, 6) is -1.22. The van der Waals surface area contributed by atoms with Crippen LogP contribution in [0.5, 0.6) is 0 Å². The fraction of sp³-hybridized carbons (Fsp3) is 0.381. The first kappa shape index (κ1) is 22.0. The second-order valence-electron chi connectivity index (χ2n) is 7.49. The van der Waals surface area contributed by atoms with E-state index in [2.05, 4.69) is 38.1 Å². The highest BCUT2D eigenvalue weighted by Gasteiger charge is 2.18. The molecule has 1 N–H and O–H groups in total. The summed E-state index contributed by atoms with van der Waals surface area (Å²) >= 11 is 3.33. The molecule has 8 heteroatoms. The summed E-state index contributed by atoms with van der Waals surface area (Å²) < 4.78 is 25.5. The van der Waals surface area contributed by atoms with Crippen LogP contribution in [0, 0.1) is 0 Å². The van der Waals surface area contributed by atoms with Crippen LogP contribution in [-0.4, -0.2) is 63.1 Å². The molecule has 1 fully saturated rings. The summed E-state index contributed by atoms with van der Waals surface area (Å²) in [6.07, 6.45) is 0. The van der Waals surface area contributed by atoms with Crippen molar-refractivity contribution in [3.63, 3.8) is 0 Å². The highest BCUT2D eigenvalue weighted by molar-refractivity contribution is 9.10. The van der Waals surface area contributed by atoms with Crippen LogP contribution in [0.4, 0.5) is 5.69 Å². The molecule has 1 aliphatic heterocycles. The van der Waals surface area contributed by atoms with E-state index >= 15 is 0 Å². The molecule has 1 heterocycles. The number of hydrogen-bond donors (Lipinski definition) is 1. The van der Waals surface area contributed by atoms with Gasteiger partial charge in [0.15, 0.2) is 9.84 Å². The number of nitrogens with zero attached hydrogens (tertiary/aromatic N) is 2. The third kappa shape index (κ3) is 7.22. The standard InChI is InChI=1S/C21H26BrN3O3S/c1-24-9-11-25(12-10-24)14-17-5-7-20(8-6-17)23-21(26)16-29(27,28)15-18-3-2-4-19(22)13-18/h2-8,13H,9-12,14-16H2,1H3,(H,23,26). The molecule has 0 aliphatic carbocycles. The monoisotopic (exact) mass is 479 g/mol. The van der Waals surface area contributed by atoms with E-state index in [1.54, 1.807) is 18.2 Å². The highest BCUT2D eigenvalue weighted by atomic mass is 79.9. The maximum absolute atomic E-state index is 12.3. The molecule has 0 atom stereocenters. The first-order valence-electron chi connectivity index (χ1n) is 9.54. The lowest BCUT2D eigenvalue weighted by Crippen LogP contribution is -2.43. The molecule has 0 unspecified atom stereocenters. The summed E-state index contributed by atoms with van der Waals surface area (Å²) in [6.45, 7) is 5.11. The Morgan fingerprint density at radius 3 is 2.38 bits per heavy atom. The molecule has 1 amide bonds. The third-order valence-corrected chi connectivity index (χ3v) is 6.83. The van der Waals surface area contributed by atoms with Gasteiger partial charge in [0.1, 0.15) is 5.75 Å². The number of benzene rings is 2. The first-order valence-corrected chi connectivity index (χ1v) is 12.1. The van der Waals surface area contributed by atoms with Crippen molar-refractivity contribution in [2.75, 3.05) is 44.3 Å². The quantitative estimate of drug-likeness (QED) is 0.660. The largest absolute Gasteiger partial charge is 0.325 e. The van der Waals surface area contributed by atoms with E-state index in [9.17, 15) is 13.2 Å². The summed E-state index contributed by atoms with van der Waals surface area (Å²) in [6, 6.07) is 14.7. The number of anilines is 1. The number of nitrogens with one attached hydrogen (secondary N) is 1. The highest BCUT2D eigenvalue weighted by Crippen LogP contribution is 2.16. The molecular weight excluding hydrogens is 454 g/mol. The van der Waals surface area contributed by atoms with Crippen LogP contribution < -0.4 is 5.32 Å². The Morgan fingerprint density at radius 1 is 1.03 bits per heavy atom. The van der Waals surface area contributed by atoms with E-state index in [4.69, 9.17) is 0 Å². The minimum atomic E-state index is -3.55. The number of sulfone groups is 1. The number of carbonyl (C=O) groups excluding carboxylic acids is 1. The van der Waals surface area contributed by atoms with Gasteiger partial charge < -0.3 is 10.2 Å². The van der Waals surface area contributed by atoms with E-state index in [0.29, 0.717) is 11.3 Å². The molecule has 0 saturated carbocycles. The van der Waals surface area contributed by atoms with Crippen LogP contribution in [-0.2, 0) is 26.9 Å². The van der Waals surface area contributed by atoms with Gasteiger partial charge in [0.05, 0.1) is 5.75 Å². The van der Waals surface area contributed by atoms with Crippen molar-refractivity contribution < 1.29 is 13.2 Å². The Kier molecular flexibility index (Phi) is 7.45. The van der Waals surface area contributed by atoms with E-state index in [1.807, 2.05) is 30.3 Å². The molecule has 2 aromatic carbocycles. The molecule has 0 aromatic heterocycles. The molecule has 3 rings (SSSR count). The molecule has 1 aliphatic rings. The number of halogens is 1. The van der Waals surface area contributed by atoms with Gasteiger partial charge in [-0.05, 0) is 42.4 Å². The summed E-state index contributed by atoms with van der Waals surface area (Å²) in [7, 11) is -1.41. The average Bonchev–Trinajstić information content (AvgIpc) is 2.64. The van der Waals surface area contributed by atoms with E-state index in [1.165, 1.54) is 5.56 Å². The second kappa shape index (κ2) is 9.84. The normalized spacial score (nSPS) is 15.9. The average molecular weight is 480 g/mol. The van der Waals surface area contributed by atoms with Gasteiger partial charge in [-0.25, -0.2) is 8.42 Å². The fourth-order valence-electron chi connectivity index (χ4n) is 3.29. The van der Waals surface area contributed by atoms with Crippen molar-refractivity contribution in [2.45, 2.75) is 12.3 Å². The van der Waals surface area contributed by atoms with E-state index in [0.717, 1.165) is 37.2 Å². The Morgan fingerprint density at radius 2 is 1.72 bits per heavy atom. The Labute approximate surface area is 180 Å². The Hall–Kier alpha value is -1.74. The summed E-state index contributed by atoms with van der Waals surface area (Å²) in [4.78, 5) is 16.9. The fourth-order valence-corrected chi connectivity index (χ4v) is 4.99. The number of carbonyl (C=O) groups is 1. The predicted octanol–water partition coefficient (Wildman–Crippen LogP) is 2.75. The maximum Gasteiger partial charge on any atom is 0.239 e. The Balaban J connectivity index is 1.51. The van der Waals surface area contributed by atoms with Crippen molar-refractivity contribution in [3.8, 4) is 0 Å². The Bertz CT molecular complexity index is 940. The van der Waals surface area contributed by atoms with Crippen LogP contribution in [0.15, 0.2) is 53.0 Å². The van der Waals surface area contributed by atoms with Crippen LogP contribution in [0.2, 0.25) is 0 Å². The van der Waals surface area contributed by atoms with Gasteiger partial charge in [-0.2, -0.15) is 0 Å². The van der Waals surface area contributed by atoms with Crippen molar-refractivity contribution in [1.29, 1.82) is 0 Å². The number of amides is 1. The van der Waals surface area contributed by atoms with Gasteiger partial charge in [-0.3, -0.25) is 9.69 Å². The van der Waals surface area contributed by atoms with Gasteiger partial charge in [0.2, 0.25) is 5.91 Å². The maximum atomic E-state index is 12.3. The van der Waals surface area contributed by atoms with E-state index < -0.39 is 21.5 Å². The molecule has 0 spiro atoms. The summed E-state index contributed by atoms with van der Waals surface area (Å²) in [5, 5.41) is 2.68. The van der Waals surface area contributed by atoms with Crippen LogP contribution in [0.3, 0.4) is 0 Å². The lowest BCUT2D eigenvalue weighted by molar-refractivity contribution is -0.113. The zero-order valence-corrected chi connectivity index (χ0v) is 18.9. The van der Waals surface area contributed by atoms with Crippen molar-refractivity contribution in [2.24, 2.45) is 0 Å². The molecule has 29 heavy (non-hydrogen) atoms. The molecule has 0 radical (unpaired) electrons. The smallest absolute Gasteiger partial charge is 0.239 e. The lowest BCUT2D eigenvalue weighted by atomic mass is 10.2. The minimum Gasteiger partial charge on any atom is -0.325 e. The van der Waals surface area contributed by atoms with Gasteiger partial charge >= 0.3 is 0 Å². The zero-order valence-electron chi connectivity index (χ0n) is 16.5. The van der Waals surface area contributed by atoms with Crippen molar-refractivity contribution in [3.05, 3.63) is 64.1 Å². The third-order valence-electron chi connectivity index (χ3n) is 4.87. The number of hydrogen-bond acceptors (Lipinski definition) is 5. The molecule has 1 saturated heterocycles. The SMILES string of the molecule is CN1CCN(Cc2ccc(NC(=O)CS(=O)(=O)Cc3cccc(Br)c3)cc2)CC1.